The van der Waals surface area contributed by atoms with Crippen molar-refractivity contribution in [3.63, 3.8) is 0 Å². The first-order chi connectivity index (χ1) is 15.1. The molecule has 0 aliphatic heterocycles. The van der Waals surface area contributed by atoms with Crippen molar-refractivity contribution in [3.8, 4) is 11.5 Å². The van der Waals surface area contributed by atoms with E-state index in [0.717, 1.165) is 22.0 Å². The first-order valence-electron chi connectivity index (χ1n) is 9.91. The molecule has 0 saturated carbocycles. The van der Waals surface area contributed by atoms with Gasteiger partial charge in [-0.1, -0.05) is 55.9 Å². The molecule has 31 heavy (non-hydrogen) atoms. The van der Waals surface area contributed by atoms with Gasteiger partial charge < -0.3 is 9.73 Å². The molecule has 1 N–H and O–H groups in total. The van der Waals surface area contributed by atoms with Crippen LogP contribution in [0.3, 0.4) is 0 Å². The highest BCUT2D eigenvalue weighted by Crippen LogP contribution is 2.27. The van der Waals surface area contributed by atoms with Crippen LogP contribution in [0.25, 0.3) is 11.5 Å². The van der Waals surface area contributed by atoms with E-state index in [9.17, 15) is 4.79 Å². The van der Waals surface area contributed by atoms with Crippen LogP contribution >= 0.6 is 23.1 Å². The number of carbonyl (C=O) groups excluding carboxylic acids is 1. The number of thiazole rings is 1. The molecule has 0 spiro atoms. The Morgan fingerprint density at radius 1 is 1.10 bits per heavy atom. The fourth-order valence-electron chi connectivity index (χ4n) is 2.89. The van der Waals surface area contributed by atoms with Crippen LogP contribution in [0.1, 0.15) is 36.0 Å². The van der Waals surface area contributed by atoms with Gasteiger partial charge in [0.2, 0.25) is 11.8 Å². The van der Waals surface area contributed by atoms with Gasteiger partial charge in [-0.2, -0.15) is 0 Å². The standard InChI is InChI=1S/C23H22N4O2S2/c1-15(2)16-8-10-17(11-9-16)22-26-27-23(29-22)31-14-19-13-30-21(25-19)12-20(28)24-18-6-4-3-5-7-18/h3-11,13,15H,12,14H2,1-2H3,(H,24,28). The summed E-state index contributed by atoms with van der Waals surface area (Å²) in [5.41, 5.74) is 3.85. The molecule has 158 valence electrons. The lowest BCUT2D eigenvalue weighted by atomic mass is 10.0. The average Bonchev–Trinajstić information content (AvgIpc) is 3.42. The first kappa shape index (κ1) is 21.3. The largest absolute Gasteiger partial charge is 0.411 e. The number of amides is 1. The van der Waals surface area contributed by atoms with E-state index < -0.39 is 0 Å². The molecule has 2 aromatic heterocycles. The summed E-state index contributed by atoms with van der Waals surface area (Å²) >= 11 is 2.91. The predicted molar refractivity (Wildman–Crippen MR) is 124 cm³/mol. The Morgan fingerprint density at radius 2 is 1.87 bits per heavy atom. The molecule has 2 heterocycles. The quantitative estimate of drug-likeness (QED) is 0.342. The Kier molecular flexibility index (Phi) is 6.79. The molecule has 0 aliphatic carbocycles. The average molecular weight is 451 g/mol. The molecule has 1 amide bonds. The number of hydrogen-bond donors (Lipinski definition) is 1. The topological polar surface area (TPSA) is 80.9 Å². The minimum Gasteiger partial charge on any atom is -0.411 e. The van der Waals surface area contributed by atoms with Crippen LogP contribution in [-0.2, 0) is 17.0 Å². The number of nitrogens with zero attached hydrogens (tertiary/aromatic N) is 3. The smallest absolute Gasteiger partial charge is 0.277 e. The van der Waals surface area contributed by atoms with E-state index in [1.54, 1.807) is 0 Å². The van der Waals surface area contributed by atoms with Crippen molar-refractivity contribution < 1.29 is 9.21 Å². The van der Waals surface area contributed by atoms with Gasteiger partial charge >= 0.3 is 0 Å². The van der Waals surface area contributed by atoms with Crippen LogP contribution in [0.2, 0.25) is 0 Å². The molecule has 0 bridgehead atoms. The zero-order chi connectivity index (χ0) is 21.6. The zero-order valence-corrected chi connectivity index (χ0v) is 18.9. The fourth-order valence-corrected chi connectivity index (χ4v) is 4.45. The summed E-state index contributed by atoms with van der Waals surface area (Å²) in [6, 6.07) is 17.6. The van der Waals surface area contributed by atoms with E-state index in [1.165, 1.54) is 28.7 Å². The van der Waals surface area contributed by atoms with Crippen LogP contribution in [0.4, 0.5) is 5.69 Å². The normalized spacial score (nSPS) is 11.1. The summed E-state index contributed by atoms with van der Waals surface area (Å²) in [5.74, 6) is 1.51. The number of thioether (sulfide) groups is 1. The van der Waals surface area contributed by atoms with Gasteiger partial charge in [0.25, 0.3) is 5.22 Å². The number of nitrogens with one attached hydrogen (secondary N) is 1. The third kappa shape index (κ3) is 5.80. The van der Waals surface area contributed by atoms with Crippen molar-refractivity contribution in [2.45, 2.75) is 37.2 Å². The Morgan fingerprint density at radius 3 is 2.61 bits per heavy atom. The molecule has 2 aromatic carbocycles. The van der Waals surface area contributed by atoms with Crippen molar-refractivity contribution in [2.75, 3.05) is 5.32 Å². The third-order valence-corrected chi connectivity index (χ3v) is 6.29. The van der Waals surface area contributed by atoms with Gasteiger partial charge in [-0.3, -0.25) is 4.79 Å². The second-order valence-electron chi connectivity index (χ2n) is 7.26. The van der Waals surface area contributed by atoms with Crippen LogP contribution in [0.15, 0.2) is 69.6 Å². The molecule has 8 heteroatoms. The molecule has 0 saturated heterocycles. The summed E-state index contributed by atoms with van der Waals surface area (Å²) in [4.78, 5) is 16.7. The Balaban J connectivity index is 1.30. The van der Waals surface area contributed by atoms with Gasteiger partial charge in [0.05, 0.1) is 12.1 Å². The van der Waals surface area contributed by atoms with Crippen LogP contribution in [0.5, 0.6) is 0 Å². The van der Waals surface area contributed by atoms with Crippen molar-refractivity contribution in [2.24, 2.45) is 0 Å². The van der Waals surface area contributed by atoms with E-state index >= 15 is 0 Å². The number of hydrogen-bond acceptors (Lipinski definition) is 7. The summed E-state index contributed by atoms with van der Waals surface area (Å²) < 4.78 is 5.78. The van der Waals surface area contributed by atoms with Crippen molar-refractivity contribution >= 4 is 34.7 Å². The number of anilines is 1. The number of carbonyl (C=O) groups is 1. The fraction of sp³-hybridized carbons (Fsp3) is 0.217. The lowest BCUT2D eigenvalue weighted by Gasteiger charge is -2.04. The van der Waals surface area contributed by atoms with Crippen molar-refractivity contribution in [1.29, 1.82) is 0 Å². The first-order valence-corrected chi connectivity index (χ1v) is 11.8. The van der Waals surface area contributed by atoms with Gasteiger partial charge in [0, 0.05) is 22.4 Å². The number of benzene rings is 2. The Bertz CT molecular complexity index is 1140. The van der Waals surface area contributed by atoms with Gasteiger partial charge in [0.15, 0.2) is 0 Å². The van der Waals surface area contributed by atoms with Gasteiger partial charge in [0.1, 0.15) is 5.01 Å². The minimum atomic E-state index is -0.0789. The maximum absolute atomic E-state index is 12.2. The van der Waals surface area contributed by atoms with Crippen LogP contribution in [0, 0.1) is 0 Å². The lowest BCUT2D eigenvalue weighted by molar-refractivity contribution is -0.115. The molecule has 4 rings (SSSR count). The molecule has 0 aliphatic rings. The van der Waals surface area contributed by atoms with Crippen molar-refractivity contribution in [1.82, 2.24) is 15.2 Å². The van der Waals surface area contributed by atoms with Crippen LogP contribution < -0.4 is 5.32 Å². The molecular formula is C23H22N4O2S2. The monoisotopic (exact) mass is 450 g/mol. The second kappa shape index (κ2) is 9.89. The lowest BCUT2D eigenvalue weighted by Crippen LogP contribution is -2.14. The van der Waals surface area contributed by atoms with E-state index in [0.29, 0.717) is 22.8 Å². The molecule has 6 nitrogen and oxygen atoms in total. The number of rotatable bonds is 8. The van der Waals surface area contributed by atoms with Gasteiger partial charge in [-0.05, 0) is 35.7 Å². The highest BCUT2D eigenvalue weighted by molar-refractivity contribution is 7.98. The summed E-state index contributed by atoms with van der Waals surface area (Å²) in [5, 5.41) is 14.4. The van der Waals surface area contributed by atoms with E-state index in [1.807, 2.05) is 47.8 Å². The van der Waals surface area contributed by atoms with E-state index in [-0.39, 0.29) is 12.3 Å². The van der Waals surface area contributed by atoms with E-state index in [4.69, 9.17) is 4.42 Å². The zero-order valence-electron chi connectivity index (χ0n) is 17.2. The van der Waals surface area contributed by atoms with Gasteiger partial charge in [-0.15, -0.1) is 21.5 Å². The summed E-state index contributed by atoms with van der Waals surface area (Å²) in [7, 11) is 0. The minimum absolute atomic E-state index is 0.0789. The van der Waals surface area contributed by atoms with E-state index in [2.05, 4.69) is 46.5 Å². The highest BCUT2D eigenvalue weighted by Gasteiger charge is 2.12. The Hall–Kier alpha value is -2.97. The maximum Gasteiger partial charge on any atom is 0.277 e. The number of aromatic nitrogens is 3. The summed E-state index contributed by atoms with van der Waals surface area (Å²) in [6.45, 7) is 4.33. The molecule has 0 unspecified atom stereocenters. The molecule has 4 aromatic rings. The molecule has 0 atom stereocenters. The van der Waals surface area contributed by atoms with Crippen LogP contribution in [-0.4, -0.2) is 21.1 Å². The SMILES string of the molecule is CC(C)c1ccc(-c2nnc(SCc3csc(CC(=O)Nc4ccccc4)n3)o2)cc1. The second-order valence-corrected chi connectivity index (χ2v) is 9.13. The molecule has 0 radical (unpaired) electrons. The predicted octanol–water partition coefficient (Wildman–Crippen LogP) is 5.79. The molecular weight excluding hydrogens is 428 g/mol. The summed E-state index contributed by atoms with van der Waals surface area (Å²) in [6.07, 6.45) is 0.251. The highest BCUT2D eigenvalue weighted by atomic mass is 32.2. The van der Waals surface area contributed by atoms with Gasteiger partial charge in [-0.25, -0.2) is 4.98 Å². The molecule has 0 fully saturated rings. The Labute approximate surface area is 189 Å². The maximum atomic E-state index is 12.2. The number of para-hydroxylation sites is 1. The third-order valence-electron chi connectivity index (χ3n) is 4.54. The van der Waals surface area contributed by atoms with Crippen molar-refractivity contribution in [3.05, 3.63) is 76.2 Å².